The molecule has 0 heterocycles. The molecule has 0 saturated heterocycles. The number of hydrogen-bond donors (Lipinski definition) is 1. The van der Waals surface area contributed by atoms with Crippen LogP contribution in [0.5, 0.6) is 0 Å². The van der Waals surface area contributed by atoms with E-state index in [0.29, 0.717) is 0 Å². The summed E-state index contributed by atoms with van der Waals surface area (Å²) in [5.74, 6) is 0. The summed E-state index contributed by atoms with van der Waals surface area (Å²) in [6.07, 6.45) is 11.9. The van der Waals surface area contributed by atoms with Gasteiger partial charge in [0.15, 0.2) is 0 Å². The SMILES string of the molecule is O[C@@H]1CCCCCCCCCC[C@H]1Cl. The van der Waals surface area contributed by atoms with E-state index in [4.69, 9.17) is 11.6 Å². The molecular weight excluding hydrogens is 196 g/mol. The molecule has 1 nitrogen and oxygen atoms in total. The normalized spacial score (nSPS) is 33.0. The average Bonchev–Trinajstić information content (AvgIpc) is 2.18. The highest BCUT2D eigenvalue weighted by Gasteiger charge is 2.15. The highest BCUT2D eigenvalue weighted by molar-refractivity contribution is 6.21. The molecule has 0 radical (unpaired) electrons. The molecule has 0 amide bonds. The second kappa shape index (κ2) is 7.53. The average molecular weight is 219 g/mol. The second-order valence-corrected chi connectivity index (χ2v) is 5.05. The van der Waals surface area contributed by atoms with Crippen molar-refractivity contribution in [3.05, 3.63) is 0 Å². The van der Waals surface area contributed by atoms with Gasteiger partial charge in [0.2, 0.25) is 0 Å². The van der Waals surface area contributed by atoms with Crippen LogP contribution in [0.15, 0.2) is 0 Å². The molecule has 1 saturated carbocycles. The van der Waals surface area contributed by atoms with Crippen LogP contribution < -0.4 is 0 Å². The molecule has 0 aromatic rings. The molecule has 0 spiro atoms. The van der Waals surface area contributed by atoms with Gasteiger partial charge in [0.25, 0.3) is 0 Å². The summed E-state index contributed by atoms with van der Waals surface area (Å²) in [5.41, 5.74) is 0. The third kappa shape index (κ3) is 5.21. The summed E-state index contributed by atoms with van der Waals surface area (Å²) in [6, 6.07) is 0. The molecule has 0 aromatic heterocycles. The Balaban J connectivity index is 2.23. The lowest BCUT2D eigenvalue weighted by atomic mass is 9.99. The monoisotopic (exact) mass is 218 g/mol. The van der Waals surface area contributed by atoms with E-state index in [0.717, 1.165) is 19.3 Å². The van der Waals surface area contributed by atoms with E-state index in [-0.39, 0.29) is 11.5 Å². The minimum Gasteiger partial charge on any atom is -0.392 e. The Morgan fingerprint density at radius 2 is 1.14 bits per heavy atom. The van der Waals surface area contributed by atoms with Gasteiger partial charge >= 0.3 is 0 Å². The van der Waals surface area contributed by atoms with Gasteiger partial charge in [-0.05, 0) is 12.8 Å². The zero-order chi connectivity index (χ0) is 10.2. The summed E-state index contributed by atoms with van der Waals surface area (Å²) < 4.78 is 0. The van der Waals surface area contributed by atoms with Crippen LogP contribution >= 0.6 is 11.6 Å². The smallest absolute Gasteiger partial charge is 0.0703 e. The van der Waals surface area contributed by atoms with Crippen LogP contribution in [0.3, 0.4) is 0 Å². The predicted molar refractivity (Wildman–Crippen MR) is 61.8 cm³/mol. The number of aliphatic hydroxyl groups is 1. The summed E-state index contributed by atoms with van der Waals surface area (Å²) >= 11 is 6.11. The van der Waals surface area contributed by atoms with Crippen molar-refractivity contribution < 1.29 is 5.11 Å². The molecule has 2 heteroatoms. The molecule has 1 aliphatic carbocycles. The van der Waals surface area contributed by atoms with E-state index < -0.39 is 0 Å². The Kier molecular flexibility index (Phi) is 6.63. The zero-order valence-corrected chi connectivity index (χ0v) is 9.81. The van der Waals surface area contributed by atoms with Gasteiger partial charge in [0.05, 0.1) is 11.5 Å². The summed E-state index contributed by atoms with van der Waals surface area (Å²) in [5, 5.41) is 9.72. The van der Waals surface area contributed by atoms with E-state index in [1.165, 1.54) is 44.9 Å². The number of rotatable bonds is 0. The van der Waals surface area contributed by atoms with E-state index >= 15 is 0 Å². The van der Waals surface area contributed by atoms with E-state index in [2.05, 4.69) is 0 Å². The van der Waals surface area contributed by atoms with Crippen molar-refractivity contribution in [2.75, 3.05) is 0 Å². The van der Waals surface area contributed by atoms with Crippen LogP contribution in [0.25, 0.3) is 0 Å². The van der Waals surface area contributed by atoms with Gasteiger partial charge in [-0.2, -0.15) is 0 Å². The van der Waals surface area contributed by atoms with Crippen LogP contribution in [-0.4, -0.2) is 16.6 Å². The first-order valence-electron chi connectivity index (χ1n) is 6.13. The number of alkyl halides is 1. The fourth-order valence-corrected chi connectivity index (χ4v) is 2.41. The first-order valence-corrected chi connectivity index (χ1v) is 6.56. The van der Waals surface area contributed by atoms with Gasteiger partial charge in [-0.3, -0.25) is 0 Å². The summed E-state index contributed by atoms with van der Waals surface area (Å²) in [4.78, 5) is 0. The van der Waals surface area contributed by atoms with Gasteiger partial charge in [0, 0.05) is 0 Å². The Morgan fingerprint density at radius 3 is 1.71 bits per heavy atom. The quantitative estimate of drug-likeness (QED) is 0.612. The van der Waals surface area contributed by atoms with Crippen molar-refractivity contribution in [1.29, 1.82) is 0 Å². The minimum absolute atomic E-state index is 0.00516. The zero-order valence-electron chi connectivity index (χ0n) is 9.05. The van der Waals surface area contributed by atoms with Gasteiger partial charge in [-0.25, -0.2) is 0 Å². The van der Waals surface area contributed by atoms with Crippen molar-refractivity contribution in [3.8, 4) is 0 Å². The lowest BCUT2D eigenvalue weighted by Crippen LogP contribution is -2.20. The lowest BCUT2D eigenvalue weighted by Gasteiger charge is -2.17. The molecule has 1 rings (SSSR count). The number of aliphatic hydroxyl groups excluding tert-OH is 1. The Bertz CT molecular complexity index is 122. The molecule has 1 N–H and O–H groups in total. The van der Waals surface area contributed by atoms with Crippen molar-refractivity contribution in [2.24, 2.45) is 0 Å². The second-order valence-electron chi connectivity index (χ2n) is 4.49. The predicted octanol–water partition coefficient (Wildman–Crippen LogP) is 3.87. The van der Waals surface area contributed by atoms with Gasteiger partial charge in [-0.1, -0.05) is 51.4 Å². The topological polar surface area (TPSA) is 20.2 Å². The Morgan fingerprint density at radius 1 is 0.714 bits per heavy atom. The first-order chi connectivity index (χ1) is 6.80. The highest BCUT2D eigenvalue weighted by Crippen LogP contribution is 2.20. The summed E-state index contributed by atoms with van der Waals surface area (Å²) in [7, 11) is 0. The van der Waals surface area contributed by atoms with Crippen LogP contribution in [0, 0.1) is 0 Å². The largest absolute Gasteiger partial charge is 0.392 e. The van der Waals surface area contributed by atoms with Crippen molar-refractivity contribution in [3.63, 3.8) is 0 Å². The third-order valence-corrected chi connectivity index (χ3v) is 3.66. The number of halogens is 1. The molecule has 84 valence electrons. The van der Waals surface area contributed by atoms with E-state index in [9.17, 15) is 5.11 Å². The fraction of sp³-hybridized carbons (Fsp3) is 1.00. The maximum atomic E-state index is 9.73. The fourth-order valence-electron chi connectivity index (χ4n) is 2.13. The number of hydrogen-bond acceptors (Lipinski definition) is 1. The maximum Gasteiger partial charge on any atom is 0.0703 e. The highest BCUT2D eigenvalue weighted by atomic mass is 35.5. The van der Waals surface area contributed by atoms with Crippen molar-refractivity contribution in [1.82, 2.24) is 0 Å². The Hall–Kier alpha value is 0.250. The van der Waals surface area contributed by atoms with Gasteiger partial charge in [-0.15, -0.1) is 11.6 Å². The van der Waals surface area contributed by atoms with Crippen molar-refractivity contribution in [2.45, 2.75) is 75.7 Å². The molecule has 1 aliphatic rings. The Labute approximate surface area is 92.8 Å². The molecular formula is C12H23ClO. The first kappa shape index (κ1) is 12.3. The van der Waals surface area contributed by atoms with Crippen molar-refractivity contribution >= 4 is 11.6 Å². The maximum absolute atomic E-state index is 9.73. The van der Waals surface area contributed by atoms with Crippen LogP contribution in [-0.2, 0) is 0 Å². The molecule has 1 fully saturated rings. The molecule has 2 atom stereocenters. The third-order valence-electron chi connectivity index (χ3n) is 3.15. The van der Waals surface area contributed by atoms with Crippen LogP contribution in [0.2, 0.25) is 0 Å². The van der Waals surface area contributed by atoms with Gasteiger partial charge < -0.3 is 5.11 Å². The molecule has 0 aliphatic heterocycles. The van der Waals surface area contributed by atoms with E-state index in [1.807, 2.05) is 0 Å². The molecule has 0 aromatic carbocycles. The minimum atomic E-state index is -0.268. The molecule has 0 unspecified atom stereocenters. The van der Waals surface area contributed by atoms with Gasteiger partial charge in [0.1, 0.15) is 0 Å². The molecule has 0 bridgehead atoms. The van der Waals surface area contributed by atoms with E-state index in [1.54, 1.807) is 0 Å². The van der Waals surface area contributed by atoms with Crippen LogP contribution in [0.4, 0.5) is 0 Å². The summed E-state index contributed by atoms with van der Waals surface area (Å²) in [6.45, 7) is 0. The van der Waals surface area contributed by atoms with Crippen LogP contribution in [0.1, 0.15) is 64.2 Å². The standard InChI is InChI=1S/C12H23ClO/c13-11-9-7-5-3-1-2-4-6-8-10-12(11)14/h11-12,14H,1-10H2/t11-,12-/m1/s1. The molecule has 14 heavy (non-hydrogen) atoms. The lowest BCUT2D eigenvalue weighted by molar-refractivity contribution is 0.150.